The quantitative estimate of drug-likeness (QED) is 0.691. The minimum Gasteiger partial charge on any atom is -0.378 e. The molecule has 0 heterocycles. The monoisotopic (exact) mass is 200 g/mol. The number of nitrogens with one attached hydrogen (secondary N) is 1. The van der Waals surface area contributed by atoms with Crippen molar-refractivity contribution >= 4 is 5.91 Å². The highest BCUT2D eigenvalue weighted by Crippen LogP contribution is 2.19. The number of carbonyl (C=O) groups is 1. The largest absolute Gasteiger partial charge is 0.378 e. The summed E-state index contributed by atoms with van der Waals surface area (Å²) in [4.78, 5) is 10.9. The van der Waals surface area contributed by atoms with Gasteiger partial charge in [0.1, 0.15) is 0 Å². The highest BCUT2D eigenvalue weighted by Gasteiger charge is 2.19. The van der Waals surface area contributed by atoms with Crippen molar-refractivity contribution in [1.82, 2.24) is 5.32 Å². The summed E-state index contributed by atoms with van der Waals surface area (Å²) in [7, 11) is 1.64. The number of rotatable bonds is 4. The van der Waals surface area contributed by atoms with Crippen LogP contribution < -0.4 is 11.1 Å². The fourth-order valence-electron chi connectivity index (χ4n) is 1.78. The molecule has 2 unspecified atom stereocenters. The molecule has 0 aliphatic heterocycles. The summed E-state index contributed by atoms with van der Waals surface area (Å²) >= 11 is 0. The maximum atomic E-state index is 10.9. The summed E-state index contributed by atoms with van der Waals surface area (Å²) in [6, 6.07) is 0.286. The lowest BCUT2D eigenvalue weighted by Crippen LogP contribution is -2.32. The Morgan fingerprint density at radius 3 is 3.00 bits per heavy atom. The fourth-order valence-corrected chi connectivity index (χ4v) is 1.78. The second kappa shape index (κ2) is 5.98. The van der Waals surface area contributed by atoms with Crippen LogP contribution in [0.5, 0.6) is 0 Å². The molecule has 14 heavy (non-hydrogen) atoms. The predicted molar refractivity (Wildman–Crippen MR) is 54.9 cm³/mol. The van der Waals surface area contributed by atoms with Gasteiger partial charge in [-0.1, -0.05) is 0 Å². The van der Waals surface area contributed by atoms with Crippen molar-refractivity contribution < 1.29 is 9.53 Å². The van der Waals surface area contributed by atoms with Crippen LogP contribution in [0.1, 0.15) is 32.1 Å². The van der Waals surface area contributed by atoms with Gasteiger partial charge in [-0.25, -0.2) is 0 Å². The topological polar surface area (TPSA) is 64.3 Å². The van der Waals surface area contributed by atoms with Gasteiger partial charge in [0.25, 0.3) is 0 Å². The molecule has 82 valence electrons. The summed E-state index contributed by atoms with van der Waals surface area (Å²) in [5.74, 6) is 0.0325. The Morgan fingerprint density at radius 2 is 2.36 bits per heavy atom. The predicted octanol–water partition coefficient (Wildman–Crippen LogP) is 0.409. The van der Waals surface area contributed by atoms with E-state index in [1.807, 2.05) is 0 Å². The second-order valence-corrected chi connectivity index (χ2v) is 3.84. The highest BCUT2D eigenvalue weighted by atomic mass is 16.5. The lowest BCUT2D eigenvalue weighted by Gasteiger charge is -2.26. The van der Waals surface area contributed by atoms with Crippen molar-refractivity contribution in [1.29, 1.82) is 0 Å². The summed E-state index contributed by atoms with van der Waals surface area (Å²) < 4.78 is 5.58. The van der Waals surface area contributed by atoms with Crippen molar-refractivity contribution in [2.75, 3.05) is 13.7 Å². The molecular weight excluding hydrogens is 180 g/mol. The Balaban J connectivity index is 2.08. The third-order valence-corrected chi connectivity index (χ3v) is 2.63. The molecule has 0 bridgehead atoms. The molecule has 3 N–H and O–H groups in total. The standard InChI is InChI=1S/C10H20N2O2/c1-12-10(13)5-6-14-9-4-2-3-8(11)7-9/h8-9H,2-7,11H2,1H3,(H,12,13). The average Bonchev–Trinajstić information content (AvgIpc) is 2.17. The van der Waals surface area contributed by atoms with Crippen LogP contribution in [-0.4, -0.2) is 31.7 Å². The Labute approximate surface area is 85.2 Å². The van der Waals surface area contributed by atoms with Crippen LogP contribution in [-0.2, 0) is 9.53 Å². The van der Waals surface area contributed by atoms with E-state index in [-0.39, 0.29) is 18.1 Å². The summed E-state index contributed by atoms with van der Waals surface area (Å²) in [5, 5.41) is 2.57. The number of hydrogen-bond donors (Lipinski definition) is 2. The van der Waals surface area contributed by atoms with Gasteiger partial charge in [-0.05, 0) is 25.7 Å². The van der Waals surface area contributed by atoms with Crippen molar-refractivity contribution in [2.24, 2.45) is 5.73 Å². The van der Waals surface area contributed by atoms with Gasteiger partial charge in [0.15, 0.2) is 0 Å². The molecule has 1 saturated carbocycles. The molecule has 0 aromatic carbocycles. The average molecular weight is 200 g/mol. The van der Waals surface area contributed by atoms with Crippen LogP contribution in [0.3, 0.4) is 0 Å². The number of ether oxygens (including phenoxy) is 1. The molecule has 0 spiro atoms. The van der Waals surface area contributed by atoms with E-state index in [9.17, 15) is 4.79 Å². The van der Waals surface area contributed by atoms with Crippen LogP contribution in [0.25, 0.3) is 0 Å². The Hall–Kier alpha value is -0.610. The third kappa shape index (κ3) is 4.07. The number of hydrogen-bond acceptors (Lipinski definition) is 3. The van der Waals surface area contributed by atoms with Gasteiger partial charge in [0.05, 0.1) is 12.7 Å². The van der Waals surface area contributed by atoms with E-state index in [1.54, 1.807) is 7.05 Å². The van der Waals surface area contributed by atoms with Crippen molar-refractivity contribution in [2.45, 2.75) is 44.2 Å². The summed E-state index contributed by atoms with van der Waals surface area (Å²) in [5.41, 5.74) is 5.82. The third-order valence-electron chi connectivity index (χ3n) is 2.63. The van der Waals surface area contributed by atoms with Crippen LogP contribution in [0.4, 0.5) is 0 Å². The molecule has 1 aliphatic rings. The molecule has 4 nitrogen and oxygen atoms in total. The van der Waals surface area contributed by atoms with E-state index in [0.29, 0.717) is 13.0 Å². The molecular formula is C10H20N2O2. The van der Waals surface area contributed by atoms with E-state index in [0.717, 1.165) is 25.7 Å². The maximum absolute atomic E-state index is 10.9. The normalized spacial score (nSPS) is 27.3. The van der Waals surface area contributed by atoms with E-state index < -0.39 is 0 Å². The molecule has 2 atom stereocenters. The molecule has 0 radical (unpaired) electrons. The molecule has 1 rings (SSSR count). The van der Waals surface area contributed by atoms with Crippen LogP contribution >= 0.6 is 0 Å². The minimum atomic E-state index is 0.0325. The van der Waals surface area contributed by atoms with E-state index in [1.165, 1.54) is 0 Å². The van der Waals surface area contributed by atoms with Gasteiger partial charge in [0.2, 0.25) is 5.91 Å². The lowest BCUT2D eigenvalue weighted by atomic mass is 9.94. The molecule has 4 heteroatoms. The first kappa shape index (κ1) is 11.5. The zero-order chi connectivity index (χ0) is 10.4. The first-order valence-corrected chi connectivity index (χ1v) is 5.30. The van der Waals surface area contributed by atoms with Crippen molar-refractivity contribution in [3.63, 3.8) is 0 Å². The van der Waals surface area contributed by atoms with Gasteiger partial charge >= 0.3 is 0 Å². The first-order valence-electron chi connectivity index (χ1n) is 5.30. The zero-order valence-corrected chi connectivity index (χ0v) is 8.79. The number of carbonyl (C=O) groups excluding carboxylic acids is 1. The first-order chi connectivity index (χ1) is 6.72. The molecule has 1 fully saturated rings. The van der Waals surface area contributed by atoms with E-state index >= 15 is 0 Å². The Bertz CT molecular complexity index is 185. The van der Waals surface area contributed by atoms with Gasteiger partial charge < -0.3 is 15.8 Å². The maximum Gasteiger partial charge on any atom is 0.222 e. The van der Waals surface area contributed by atoms with E-state index in [4.69, 9.17) is 10.5 Å². The SMILES string of the molecule is CNC(=O)CCOC1CCCC(N)C1. The van der Waals surface area contributed by atoms with Gasteiger partial charge in [-0.15, -0.1) is 0 Å². The van der Waals surface area contributed by atoms with E-state index in [2.05, 4.69) is 5.32 Å². The van der Waals surface area contributed by atoms with Gasteiger partial charge in [-0.2, -0.15) is 0 Å². The molecule has 1 amide bonds. The van der Waals surface area contributed by atoms with Gasteiger partial charge in [-0.3, -0.25) is 4.79 Å². The lowest BCUT2D eigenvalue weighted by molar-refractivity contribution is -0.122. The van der Waals surface area contributed by atoms with Crippen LogP contribution in [0, 0.1) is 0 Å². The second-order valence-electron chi connectivity index (χ2n) is 3.84. The number of nitrogens with two attached hydrogens (primary N) is 1. The molecule has 0 saturated heterocycles. The Kier molecular flexibility index (Phi) is 4.90. The smallest absolute Gasteiger partial charge is 0.222 e. The van der Waals surface area contributed by atoms with Crippen molar-refractivity contribution in [3.05, 3.63) is 0 Å². The molecule has 0 aromatic heterocycles. The molecule has 0 aromatic rings. The minimum absolute atomic E-state index is 0.0325. The van der Waals surface area contributed by atoms with Crippen LogP contribution in [0.15, 0.2) is 0 Å². The van der Waals surface area contributed by atoms with Crippen LogP contribution in [0.2, 0.25) is 0 Å². The zero-order valence-electron chi connectivity index (χ0n) is 8.79. The summed E-state index contributed by atoms with van der Waals surface area (Å²) in [6.07, 6.45) is 4.99. The van der Waals surface area contributed by atoms with Gasteiger partial charge in [0, 0.05) is 19.5 Å². The van der Waals surface area contributed by atoms with Crippen molar-refractivity contribution in [3.8, 4) is 0 Å². The fraction of sp³-hybridized carbons (Fsp3) is 0.900. The Morgan fingerprint density at radius 1 is 1.57 bits per heavy atom. The molecule has 1 aliphatic carbocycles. The highest BCUT2D eigenvalue weighted by molar-refractivity contribution is 5.75. The number of amides is 1. The summed E-state index contributed by atoms with van der Waals surface area (Å²) in [6.45, 7) is 0.511.